The second kappa shape index (κ2) is 6.68. The summed E-state index contributed by atoms with van der Waals surface area (Å²) in [6.07, 6.45) is 8.41. The Morgan fingerprint density at radius 2 is 2.32 bits per heavy atom. The van der Waals surface area contributed by atoms with Gasteiger partial charge in [0.05, 0.1) is 10.3 Å². The minimum Gasteiger partial charge on any atom is -0.347 e. The summed E-state index contributed by atoms with van der Waals surface area (Å²) in [5.41, 5.74) is 7.98. The van der Waals surface area contributed by atoms with Gasteiger partial charge in [-0.25, -0.2) is 9.97 Å². The Balaban J connectivity index is 1.59. The predicted octanol–water partition coefficient (Wildman–Crippen LogP) is 1.66. The van der Waals surface area contributed by atoms with Crippen LogP contribution in [0, 0.1) is 6.92 Å². The number of nitrogens with one attached hydrogen (secondary N) is 2. The number of nitrogens with two attached hydrogens (primary N) is 1. The van der Waals surface area contributed by atoms with Crippen LogP contribution in [0.15, 0.2) is 23.6 Å². The zero-order valence-corrected chi connectivity index (χ0v) is 15.0. The number of thioether (sulfide) groups is 1. The molecule has 0 radical (unpaired) electrons. The largest absolute Gasteiger partial charge is 0.347 e. The lowest BCUT2D eigenvalue weighted by atomic mass is 10.2. The van der Waals surface area contributed by atoms with Crippen LogP contribution >= 0.6 is 11.8 Å². The lowest BCUT2D eigenvalue weighted by molar-refractivity contribution is -0.117. The monoisotopic (exact) mass is 358 g/mol. The molecular formula is C17H22N6OS. The summed E-state index contributed by atoms with van der Waals surface area (Å²) in [7, 11) is 0. The van der Waals surface area contributed by atoms with Gasteiger partial charge in [-0.2, -0.15) is 0 Å². The Labute approximate surface area is 150 Å². The van der Waals surface area contributed by atoms with Crippen LogP contribution in [0.2, 0.25) is 0 Å². The first-order valence-corrected chi connectivity index (χ1v) is 9.58. The Hall–Kier alpha value is -2.06. The highest BCUT2D eigenvalue weighted by atomic mass is 32.2. The van der Waals surface area contributed by atoms with E-state index in [1.165, 1.54) is 0 Å². The molecule has 1 aliphatic carbocycles. The highest BCUT2D eigenvalue weighted by Crippen LogP contribution is 2.31. The normalized spacial score (nSPS) is 23.8. The molecular weight excluding hydrogens is 336 g/mol. The zero-order valence-electron chi connectivity index (χ0n) is 14.2. The average Bonchev–Trinajstić information content (AvgIpc) is 3.21. The van der Waals surface area contributed by atoms with E-state index in [9.17, 15) is 4.79 Å². The van der Waals surface area contributed by atoms with Crippen molar-refractivity contribution in [2.75, 3.05) is 17.2 Å². The molecule has 7 nitrogen and oxygen atoms in total. The molecule has 2 atom stereocenters. The van der Waals surface area contributed by atoms with E-state index in [0.29, 0.717) is 4.91 Å². The standard InChI is InChI=1S/C17H22N6OS/c1-10-7-19-15-14(10)16(21-9-20-15)23-5-6-25-13(8-23)17(24)22-12-4-2-3-11(12)18/h7-9,11-12H,2-6,18H2,1H3,(H,22,24)(H,19,20,21)/t11-,12+/m1/s1. The van der Waals surface area contributed by atoms with Gasteiger partial charge in [-0.1, -0.05) is 0 Å². The number of aryl methyl sites for hydroxylation is 1. The van der Waals surface area contributed by atoms with Gasteiger partial charge in [0.25, 0.3) is 5.91 Å². The highest BCUT2D eigenvalue weighted by molar-refractivity contribution is 8.04. The summed E-state index contributed by atoms with van der Waals surface area (Å²) in [4.78, 5) is 27.3. The number of H-pyrrole nitrogens is 1. The fourth-order valence-electron chi connectivity index (χ4n) is 3.51. The fraction of sp³-hybridized carbons (Fsp3) is 0.471. The van der Waals surface area contributed by atoms with Crippen LogP contribution in [-0.4, -0.2) is 45.2 Å². The first-order valence-electron chi connectivity index (χ1n) is 8.60. The molecule has 2 aromatic heterocycles. The molecule has 0 aromatic carbocycles. The van der Waals surface area contributed by atoms with Crippen LogP contribution in [-0.2, 0) is 4.79 Å². The Bertz CT molecular complexity index is 832. The molecule has 1 saturated carbocycles. The summed E-state index contributed by atoms with van der Waals surface area (Å²) in [5.74, 6) is 1.64. The van der Waals surface area contributed by atoms with Crippen molar-refractivity contribution in [2.45, 2.75) is 38.3 Å². The van der Waals surface area contributed by atoms with Crippen LogP contribution in [0.4, 0.5) is 5.82 Å². The van der Waals surface area contributed by atoms with Crippen molar-refractivity contribution in [1.29, 1.82) is 0 Å². The SMILES string of the molecule is Cc1c[nH]c2ncnc(N3C=C(C(=O)N[C@H]4CCC[C@H]4N)SCC3)c12. The molecule has 2 aromatic rings. The van der Waals surface area contributed by atoms with Crippen molar-refractivity contribution >= 4 is 34.5 Å². The number of rotatable bonds is 3. The molecule has 3 heterocycles. The number of fused-ring (bicyclic) bond motifs is 1. The number of carbonyl (C=O) groups excluding carboxylic acids is 1. The average molecular weight is 358 g/mol. The predicted molar refractivity (Wildman–Crippen MR) is 100 cm³/mol. The quantitative estimate of drug-likeness (QED) is 0.772. The van der Waals surface area contributed by atoms with E-state index in [1.54, 1.807) is 18.1 Å². The summed E-state index contributed by atoms with van der Waals surface area (Å²) < 4.78 is 0. The number of aromatic nitrogens is 3. The van der Waals surface area contributed by atoms with Crippen molar-refractivity contribution in [2.24, 2.45) is 5.73 Å². The summed E-state index contributed by atoms with van der Waals surface area (Å²) in [6.45, 7) is 2.84. The van der Waals surface area contributed by atoms with Crippen molar-refractivity contribution in [1.82, 2.24) is 20.3 Å². The van der Waals surface area contributed by atoms with Gasteiger partial charge < -0.3 is 20.9 Å². The third kappa shape index (κ3) is 3.11. The van der Waals surface area contributed by atoms with Gasteiger partial charge in [-0.05, 0) is 31.7 Å². The molecule has 0 saturated heterocycles. The smallest absolute Gasteiger partial charge is 0.259 e. The summed E-state index contributed by atoms with van der Waals surface area (Å²) in [5, 5.41) is 4.10. The second-order valence-corrected chi connectivity index (χ2v) is 7.74. The van der Waals surface area contributed by atoms with Gasteiger partial charge in [0.2, 0.25) is 0 Å². The number of nitrogens with zero attached hydrogens (tertiary/aromatic N) is 3. The van der Waals surface area contributed by atoms with Gasteiger partial charge in [-0.3, -0.25) is 4.79 Å². The molecule has 0 bridgehead atoms. The second-order valence-electron chi connectivity index (χ2n) is 6.60. The molecule has 0 spiro atoms. The summed E-state index contributed by atoms with van der Waals surface area (Å²) in [6, 6.07) is 0.153. The third-order valence-electron chi connectivity index (χ3n) is 4.89. The van der Waals surface area contributed by atoms with E-state index >= 15 is 0 Å². The van der Waals surface area contributed by atoms with E-state index in [1.807, 2.05) is 24.2 Å². The van der Waals surface area contributed by atoms with Crippen LogP contribution in [0.3, 0.4) is 0 Å². The number of hydrogen-bond donors (Lipinski definition) is 3. The molecule has 0 unspecified atom stereocenters. The minimum atomic E-state index is -0.0341. The van der Waals surface area contributed by atoms with Crippen molar-refractivity contribution < 1.29 is 4.79 Å². The third-order valence-corrected chi connectivity index (χ3v) is 5.88. The lowest BCUT2D eigenvalue weighted by Gasteiger charge is -2.26. The molecule has 8 heteroatoms. The van der Waals surface area contributed by atoms with Gasteiger partial charge in [0.1, 0.15) is 17.8 Å². The molecule has 4 N–H and O–H groups in total. The van der Waals surface area contributed by atoms with Crippen LogP contribution in [0.5, 0.6) is 0 Å². The molecule has 1 fully saturated rings. The lowest BCUT2D eigenvalue weighted by Crippen LogP contribution is -2.44. The maximum absolute atomic E-state index is 12.6. The number of hydrogen-bond acceptors (Lipinski definition) is 6. The van der Waals surface area contributed by atoms with E-state index in [0.717, 1.165) is 54.0 Å². The van der Waals surface area contributed by atoms with E-state index in [2.05, 4.69) is 20.3 Å². The fourth-order valence-corrected chi connectivity index (χ4v) is 4.41. The van der Waals surface area contributed by atoms with Crippen molar-refractivity contribution in [3.8, 4) is 0 Å². The van der Waals surface area contributed by atoms with Gasteiger partial charge in [0.15, 0.2) is 0 Å². The minimum absolute atomic E-state index is 0.0341. The van der Waals surface area contributed by atoms with Crippen molar-refractivity contribution in [3.05, 3.63) is 29.2 Å². The summed E-state index contributed by atoms with van der Waals surface area (Å²) >= 11 is 1.58. The van der Waals surface area contributed by atoms with E-state index in [4.69, 9.17) is 5.73 Å². The van der Waals surface area contributed by atoms with E-state index in [-0.39, 0.29) is 18.0 Å². The highest BCUT2D eigenvalue weighted by Gasteiger charge is 2.28. The van der Waals surface area contributed by atoms with Crippen molar-refractivity contribution in [3.63, 3.8) is 0 Å². The maximum atomic E-state index is 12.6. The van der Waals surface area contributed by atoms with Crippen LogP contribution < -0.4 is 16.0 Å². The molecule has 2 aliphatic rings. The van der Waals surface area contributed by atoms with Gasteiger partial charge >= 0.3 is 0 Å². The van der Waals surface area contributed by atoms with Gasteiger partial charge in [0, 0.05) is 36.8 Å². The van der Waals surface area contributed by atoms with Crippen LogP contribution in [0.1, 0.15) is 24.8 Å². The Morgan fingerprint density at radius 3 is 3.12 bits per heavy atom. The number of carbonyl (C=O) groups is 1. The number of amides is 1. The molecule has 1 aliphatic heterocycles. The Kier molecular flexibility index (Phi) is 4.39. The van der Waals surface area contributed by atoms with Gasteiger partial charge in [-0.15, -0.1) is 11.8 Å². The molecule has 25 heavy (non-hydrogen) atoms. The first-order chi connectivity index (χ1) is 12.1. The zero-order chi connectivity index (χ0) is 17.4. The maximum Gasteiger partial charge on any atom is 0.259 e. The Morgan fingerprint density at radius 1 is 1.44 bits per heavy atom. The number of aromatic amines is 1. The van der Waals surface area contributed by atoms with Crippen LogP contribution in [0.25, 0.3) is 11.0 Å². The van der Waals surface area contributed by atoms with E-state index < -0.39 is 0 Å². The number of anilines is 1. The topological polar surface area (TPSA) is 99.9 Å². The molecule has 132 valence electrons. The molecule has 1 amide bonds. The molecule has 4 rings (SSSR count). The first kappa shape index (κ1) is 16.4.